The second kappa shape index (κ2) is 5.79. The number of rotatable bonds is 3. The Morgan fingerprint density at radius 3 is 2.50 bits per heavy atom. The molecule has 1 aromatic carbocycles. The molecule has 0 aliphatic heterocycles. The van der Waals surface area contributed by atoms with Gasteiger partial charge in [0.2, 0.25) is 0 Å². The first kappa shape index (κ1) is 17.0. The number of fused-ring (bicyclic) bond motifs is 2. The molecule has 26 heavy (non-hydrogen) atoms. The van der Waals surface area contributed by atoms with Gasteiger partial charge in [0.25, 0.3) is 5.91 Å². The van der Waals surface area contributed by atoms with Gasteiger partial charge < -0.3 is 0 Å². The third-order valence-electron chi connectivity index (χ3n) is 7.01. The maximum Gasteiger partial charge on any atom is 0.271 e. The lowest BCUT2D eigenvalue weighted by Crippen LogP contribution is -2.34. The van der Waals surface area contributed by atoms with Crippen molar-refractivity contribution >= 4 is 11.6 Å². The molecule has 2 saturated carbocycles. The average Bonchev–Trinajstić information content (AvgIpc) is 3.20. The van der Waals surface area contributed by atoms with E-state index in [9.17, 15) is 4.79 Å². The first-order valence-electron chi connectivity index (χ1n) is 9.31. The highest BCUT2D eigenvalue weighted by molar-refractivity contribution is 5.98. The van der Waals surface area contributed by atoms with E-state index in [4.69, 9.17) is 0 Å². The van der Waals surface area contributed by atoms with Gasteiger partial charge in [0.1, 0.15) is 0 Å². The highest BCUT2D eigenvalue weighted by Gasteiger charge is 2.60. The third-order valence-corrected chi connectivity index (χ3v) is 7.01. The Morgan fingerprint density at radius 2 is 1.96 bits per heavy atom. The summed E-state index contributed by atoms with van der Waals surface area (Å²) in [5.74, 6) is 0.519. The van der Waals surface area contributed by atoms with Crippen molar-refractivity contribution in [1.29, 1.82) is 0 Å². The maximum absolute atomic E-state index is 12.5. The number of benzene rings is 1. The van der Waals surface area contributed by atoms with E-state index in [1.54, 1.807) is 6.20 Å². The molecule has 2 aliphatic rings. The fourth-order valence-electron chi connectivity index (χ4n) is 4.67. The Bertz CT molecular complexity index is 878. The summed E-state index contributed by atoms with van der Waals surface area (Å²) in [7, 11) is 0. The average molecular weight is 350 g/mol. The second-order valence-corrected chi connectivity index (χ2v) is 8.42. The summed E-state index contributed by atoms with van der Waals surface area (Å²) < 4.78 is 1.85. The van der Waals surface area contributed by atoms with Crippen molar-refractivity contribution < 1.29 is 4.79 Å². The number of hydrogen-bond acceptors (Lipinski definition) is 3. The summed E-state index contributed by atoms with van der Waals surface area (Å²) >= 11 is 0. The minimum Gasteiger partial charge on any atom is -0.267 e. The lowest BCUT2D eigenvalue weighted by Gasteiger charge is -2.34. The summed E-state index contributed by atoms with van der Waals surface area (Å²) in [4.78, 5) is 12.5. The molecule has 2 aromatic rings. The van der Waals surface area contributed by atoms with Gasteiger partial charge in [0.15, 0.2) is 0 Å². The van der Waals surface area contributed by atoms with Crippen LogP contribution in [0.4, 0.5) is 0 Å². The zero-order valence-corrected chi connectivity index (χ0v) is 15.9. The number of carbonyl (C=O) groups is 1. The molecule has 2 aliphatic carbocycles. The van der Waals surface area contributed by atoms with Crippen LogP contribution in [0.15, 0.2) is 41.6 Å². The van der Waals surface area contributed by atoms with Crippen molar-refractivity contribution in [2.45, 2.75) is 47.0 Å². The van der Waals surface area contributed by atoms with Crippen LogP contribution < -0.4 is 5.43 Å². The van der Waals surface area contributed by atoms with E-state index in [1.807, 2.05) is 41.9 Å². The topological polar surface area (TPSA) is 59.3 Å². The van der Waals surface area contributed by atoms with Crippen molar-refractivity contribution in [3.63, 3.8) is 0 Å². The van der Waals surface area contributed by atoms with Crippen molar-refractivity contribution in [2.24, 2.45) is 21.8 Å². The molecule has 4 rings (SSSR count). The molecule has 5 heteroatoms. The van der Waals surface area contributed by atoms with Crippen LogP contribution in [0.3, 0.4) is 0 Å². The van der Waals surface area contributed by atoms with Crippen LogP contribution in [0.25, 0.3) is 5.69 Å². The number of hydrazone groups is 1. The van der Waals surface area contributed by atoms with Crippen molar-refractivity contribution in [2.75, 3.05) is 0 Å². The zero-order chi connectivity index (χ0) is 18.5. The van der Waals surface area contributed by atoms with Gasteiger partial charge in [-0.3, -0.25) is 4.79 Å². The Balaban J connectivity index is 1.49. The Labute approximate surface area is 154 Å². The van der Waals surface area contributed by atoms with Crippen LogP contribution in [0.5, 0.6) is 0 Å². The fraction of sp³-hybridized carbons (Fsp3) is 0.476. The van der Waals surface area contributed by atoms with Gasteiger partial charge >= 0.3 is 0 Å². The Kier molecular flexibility index (Phi) is 3.79. The molecule has 0 saturated heterocycles. The SMILES string of the molecule is Cc1ccnn1-c1ccc(C(=O)N/N=C2/C[C@H]3CC[C@]2(C)C3(C)C)cc1. The molecule has 1 aromatic heterocycles. The first-order valence-corrected chi connectivity index (χ1v) is 9.31. The van der Waals surface area contributed by atoms with E-state index in [1.165, 1.54) is 6.42 Å². The van der Waals surface area contributed by atoms with E-state index in [0.29, 0.717) is 11.5 Å². The molecule has 1 heterocycles. The molecule has 2 bridgehead atoms. The van der Waals surface area contributed by atoms with E-state index >= 15 is 0 Å². The summed E-state index contributed by atoms with van der Waals surface area (Å²) in [5, 5.41) is 8.82. The fourth-order valence-corrected chi connectivity index (χ4v) is 4.67. The molecule has 0 spiro atoms. The number of hydrogen-bond donors (Lipinski definition) is 1. The van der Waals surface area contributed by atoms with Crippen LogP contribution in [0, 0.1) is 23.7 Å². The van der Waals surface area contributed by atoms with Crippen molar-refractivity contribution in [1.82, 2.24) is 15.2 Å². The standard InChI is InChI=1S/C21H26N4O/c1-14-10-12-22-25(14)17-7-5-15(6-8-17)19(26)24-23-18-13-16-9-11-21(18,4)20(16,2)3/h5-8,10,12,16H,9,11,13H2,1-4H3,(H,24,26)/b23-18-/t16-,21+/m1/s1. The van der Waals surface area contributed by atoms with Crippen LogP contribution in [-0.2, 0) is 0 Å². The normalized spacial score (nSPS) is 27.8. The summed E-state index contributed by atoms with van der Waals surface area (Å²) in [6, 6.07) is 9.40. The molecule has 1 amide bonds. The first-order chi connectivity index (χ1) is 12.3. The summed E-state index contributed by atoms with van der Waals surface area (Å²) in [5.41, 5.74) is 6.90. The molecular formula is C21H26N4O. The molecule has 1 N–H and O–H groups in total. The largest absolute Gasteiger partial charge is 0.271 e. The Morgan fingerprint density at radius 1 is 1.23 bits per heavy atom. The van der Waals surface area contributed by atoms with Crippen LogP contribution in [0.1, 0.15) is 56.1 Å². The van der Waals surface area contributed by atoms with Gasteiger partial charge in [0.05, 0.1) is 5.69 Å². The van der Waals surface area contributed by atoms with Gasteiger partial charge in [0, 0.05) is 28.6 Å². The molecule has 0 unspecified atom stereocenters. The zero-order valence-electron chi connectivity index (χ0n) is 15.9. The lowest BCUT2D eigenvalue weighted by atomic mass is 9.70. The molecule has 2 fully saturated rings. The van der Waals surface area contributed by atoms with Crippen LogP contribution in [-0.4, -0.2) is 21.4 Å². The maximum atomic E-state index is 12.5. The number of nitrogens with zero attached hydrogens (tertiary/aromatic N) is 3. The smallest absolute Gasteiger partial charge is 0.267 e. The van der Waals surface area contributed by atoms with E-state index < -0.39 is 0 Å². The van der Waals surface area contributed by atoms with Gasteiger partial charge in [-0.25, -0.2) is 10.1 Å². The quantitative estimate of drug-likeness (QED) is 0.847. The highest BCUT2D eigenvalue weighted by atomic mass is 16.2. The van der Waals surface area contributed by atoms with Crippen molar-refractivity contribution in [3.05, 3.63) is 47.8 Å². The Hall–Kier alpha value is -2.43. The number of aromatic nitrogens is 2. The minimum absolute atomic E-state index is 0.104. The van der Waals surface area contributed by atoms with Gasteiger partial charge in [-0.2, -0.15) is 10.2 Å². The highest BCUT2D eigenvalue weighted by Crippen LogP contribution is 2.63. The van der Waals surface area contributed by atoms with Crippen LogP contribution >= 0.6 is 0 Å². The molecule has 2 atom stereocenters. The molecule has 0 radical (unpaired) electrons. The van der Waals surface area contributed by atoms with Gasteiger partial charge in [-0.05, 0) is 67.9 Å². The molecular weight excluding hydrogens is 324 g/mol. The van der Waals surface area contributed by atoms with Gasteiger partial charge in [-0.15, -0.1) is 0 Å². The molecule has 136 valence electrons. The third kappa shape index (κ3) is 2.41. The summed E-state index contributed by atoms with van der Waals surface area (Å²) in [6.45, 7) is 8.98. The molecule has 5 nitrogen and oxygen atoms in total. The monoisotopic (exact) mass is 350 g/mol. The summed E-state index contributed by atoms with van der Waals surface area (Å²) in [6.07, 6.45) is 5.20. The number of carbonyl (C=O) groups excluding carboxylic acids is 1. The number of aryl methyl sites for hydroxylation is 1. The van der Waals surface area contributed by atoms with E-state index in [2.05, 4.69) is 36.4 Å². The number of nitrogens with one attached hydrogen (secondary N) is 1. The van der Waals surface area contributed by atoms with Crippen LogP contribution in [0.2, 0.25) is 0 Å². The predicted molar refractivity (Wildman–Crippen MR) is 102 cm³/mol. The van der Waals surface area contributed by atoms with Crippen molar-refractivity contribution in [3.8, 4) is 5.69 Å². The minimum atomic E-state index is -0.162. The predicted octanol–water partition coefficient (Wildman–Crippen LogP) is 4.11. The lowest BCUT2D eigenvalue weighted by molar-refractivity contribution is 0.0954. The van der Waals surface area contributed by atoms with E-state index in [-0.39, 0.29) is 16.7 Å². The van der Waals surface area contributed by atoms with Gasteiger partial charge in [-0.1, -0.05) is 20.8 Å². The number of amides is 1. The second-order valence-electron chi connectivity index (χ2n) is 8.42. The van der Waals surface area contributed by atoms with E-state index in [0.717, 1.165) is 29.9 Å².